The third-order valence-electron chi connectivity index (χ3n) is 5.02. The van der Waals surface area contributed by atoms with Gasteiger partial charge in [-0.15, -0.1) is 21.5 Å². The number of amides is 1. The molecule has 2 aromatic carbocycles. The van der Waals surface area contributed by atoms with Gasteiger partial charge >= 0.3 is 0 Å². The second-order valence-electron chi connectivity index (χ2n) is 7.06. The number of carbonyl (C=O) groups excluding carboxylic acids is 1. The summed E-state index contributed by atoms with van der Waals surface area (Å²) in [5.74, 6) is 2.04. The predicted octanol–water partition coefficient (Wildman–Crippen LogP) is 5.19. The molecule has 4 rings (SSSR count). The number of carbonyl (C=O) groups is 1. The van der Waals surface area contributed by atoms with Crippen molar-refractivity contribution in [2.45, 2.75) is 35.6 Å². The van der Waals surface area contributed by atoms with Crippen LogP contribution < -0.4 is 0 Å². The standard InChI is InChI=1S/C23H25N5OS3/c1-3-27(4-2)21(29)16-30-22-26-25-20(28(22)14-17-10-6-5-7-11-17)15-31-23-24-18-12-8-9-13-19(18)32-23/h5-13H,3-4,14-16H2,1-2H3. The maximum absolute atomic E-state index is 12.5. The van der Waals surface area contributed by atoms with Gasteiger partial charge in [0.05, 0.1) is 28.3 Å². The molecular weight excluding hydrogens is 458 g/mol. The van der Waals surface area contributed by atoms with Crippen LogP contribution in [-0.2, 0) is 17.1 Å². The molecule has 0 N–H and O–H groups in total. The van der Waals surface area contributed by atoms with E-state index in [2.05, 4.69) is 33.0 Å². The molecule has 2 aromatic heterocycles. The molecule has 0 saturated carbocycles. The molecule has 0 atom stereocenters. The van der Waals surface area contributed by atoms with Crippen LogP contribution in [0.3, 0.4) is 0 Å². The lowest BCUT2D eigenvalue weighted by Crippen LogP contribution is -2.32. The molecule has 0 spiro atoms. The number of thiazole rings is 1. The summed E-state index contributed by atoms with van der Waals surface area (Å²) in [6, 6.07) is 18.5. The SMILES string of the molecule is CCN(CC)C(=O)CSc1nnc(CSc2nc3ccccc3s2)n1Cc1ccccc1. The lowest BCUT2D eigenvalue weighted by Gasteiger charge is -2.18. The Kier molecular flexibility index (Phi) is 7.83. The molecule has 0 aliphatic heterocycles. The molecule has 4 aromatic rings. The fourth-order valence-corrected chi connectivity index (χ4v) is 6.16. The van der Waals surface area contributed by atoms with E-state index in [1.54, 1.807) is 23.1 Å². The quantitative estimate of drug-likeness (QED) is 0.289. The van der Waals surface area contributed by atoms with Crippen LogP contribution in [0.2, 0.25) is 0 Å². The summed E-state index contributed by atoms with van der Waals surface area (Å²) in [4.78, 5) is 19.0. The predicted molar refractivity (Wildman–Crippen MR) is 133 cm³/mol. The first-order chi connectivity index (χ1) is 15.7. The number of para-hydroxylation sites is 1. The molecule has 6 nitrogen and oxygen atoms in total. The van der Waals surface area contributed by atoms with Gasteiger partial charge in [0.1, 0.15) is 5.82 Å². The highest BCUT2D eigenvalue weighted by atomic mass is 32.2. The normalized spacial score (nSPS) is 11.2. The van der Waals surface area contributed by atoms with Crippen LogP contribution in [0.1, 0.15) is 25.2 Å². The van der Waals surface area contributed by atoms with Crippen molar-refractivity contribution in [3.05, 3.63) is 66.0 Å². The molecule has 0 radical (unpaired) electrons. The average Bonchev–Trinajstić information content (AvgIpc) is 3.41. The summed E-state index contributed by atoms with van der Waals surface area (Å²) in [6.07, 6.45) is 0. The first kappa shape index (κ1) is 22.8. The lowest BCUT2D eigenvalue weighted by atomic mass is 10.2. The van der Waals surface area contributed by atoms with Crippen LogP contribution in [-0.4, -0.2) is 49.4 Å². The van der Waals surface area contributed by atoms with E-state index in [1.165, 1.54) is 22.0 Å². The molecule has 0 aliphatic carbocycles. The van der Waals surface area contributed by atoms with Gasteiger partial charge in [-0.2, -0.15) is 0 Å². The molecule has 0 aliphatic rings. The Balaban J connectivity index is 1.52. The van der Waals surface area contributed by atoms with E-state index >= 15 is 0 Å². The van der Waals surface area contributed by atoms with Crippen molar-refractivity contribution in [1.82, 2.24) is 24.6 Å². The summed E-state index contributed by atoms with van der Waals surface area (Å²) < 4.78 is 4.33. The zero-order valence-electron chi connectivity index (χ0n) is 18.1. The molecule has 0 unspecified atom stereocenters. The minimum Gasteiger partial charge on any atom is -0.343 e. The van der Waals surface area contributed by atoms with E-state index in [4.69, 9.17) is 4.98 Å². The van der Waals surface area contributed by atoms with Gasteiger partial charge in [0, 0.05) is 13.1 Å². The van der Waals surface area contributed by atoms with Crippen molar-refractivity contribution in [3.63, 3.8) is 0 Å². The van der Waals surface area contributed by atoms with Crippen molar-refractivity contribution in [2.24, 2.45) is 0 Å². The smallest absolute Gasteiger partial charge is 0.233 e. The number of benzene rings is 2. The molecule has 1 amide bonds. The fourth-order valence-electron chi connectivity index (χ4n) is 3.29. The van der Waals surface area contributed by atoms with E-state index in [0.29, 0.717) is 18.1 Å². The van der Waals surface area contributed by atoms with Gasteiger partial charge in [0.2, 0.25) is 5.91 Å². The van der Waals surface area contributed by atoms with Gasteiger partial charge in [-0.05, 0) is 31.5 Å². The summed E-state index contributed by atoms with van der Waals surface area (Å²) >= 11 is 4.82. The number of nitrogens with zero attached hydrogens (tertiary/aromatic N) is 5. The summed E-state index contributed by atoms with van der Waals surface area (Å²) in [5.41, 5.74) is 2.20. The van der Waals surface area contributed by atoms with Crippen LogP contribution >= 0.6 is 34.9 Å². The molecule has 0 saturated heterocycles. The summed E-state index contributed by atoms with van der Waals surface area (Å²) in [6.45, 7) is 6.11. The molecule has 0 fully saturated rings. The Hall–Kier alpha value is -2.36. The number of hydrogen-bond acceptors (Lipinski definition) is 7. The maximum Gasteiger partial charge on any atom is 0.233 e. The molecule has 32 heavy (non-hydrogen) atoms. The van der Waals surface area contributed by atoms with Gasteiger partial charge in [-0.25, -0.2) is 4.98 Å². The van der Waals surface area contributed by atoms with Gasteiger partial charge in [0.15, 0.2) is 9.50 Å². The number of aromatic nitrogens is 4. The van der Waals surface area contributed by atoms with Crippen molar-refractivity contribution in [3.8, 4) is 0 Å². The highest BCUT2D eigenvalue weighted by Crippen LogP contribution is 2.32. The number of rotatable bonds is 10. The van der Waals surface area contributed by atoms with Crippen LogP contribution in [0.25, 0.3) is 10.2 Å². The Morgan fingerprint density at radius 2 is 1.75 bits per heavy atom. The number of thioether (sulfide) groups is 2. The number of hydrogen-bond donors (Lipinski definition) is 0. The van der Waals surface area contributed by atoms with Gasteiger partial charge < -0.3 is 9.47 Å². The van der Waals surface area contributed by atoms with Gasteiger partial charge in [-0.3, -0.25) is 4.79 Å². The molecule has 0 bridgehead atoms. The number of fused-ring (bicyclic) bond motifs is 1. The fraction of sp³-hybridized carbons (Fsp3) is 0.304. The zero-order chi connectivity index (χ0) is 22.3. The van der Waals surface area contributed by atoms with Crippen molar-refractivity contribution in [1.29, 1.82) is 0 Å². The topological polar surface area (TPSA) is 63.9 Å². The van der Waals surface area contributed by atoms with Crippen LogP contribution in [0.5, 0.6) is 0 Å². The van der Waals surface area contributed by atoms with Crippen LogP contribution in [0.4, 0.5) is 0 Å². The Morgan fingerprint density at radius 1 is 1.00 bits per heavy atom. The Bertz CT molecular complexity index is 1140. The van der Waals surface area contributed by atoms with E-state index < -0.39 is 0 Å². The Labute approximate surface area is 200 Å². The van der Waals surface area contributed by atoms with Gasteiger partial charge in [0.25, 0.3) is 0 Å². The third kappa shape index (κ3) is 5.51. The first-order valence-electron chi connectivity index (χ1n) is 10.5. The van der Waals surface area contributed by atoms with Crippen molar-refractivity contribution in [2.75, 3.05) is 18.8 Å². The largest absolute Gasteiger partial charge is 0.343 e. The Morgan fingerprint density at radius 3 is 2.50 bits per heavy atom. The van der Waals surface area contributed by atoms with Crippen LogP contribution in [0.15, 0.2) is 64.1 Å². The monoisotopic (exact) mass is 483 g/mol. The lowest BCUT2D eigenvalue weighted by molar-refractivity contribution is -0.127. The van der Waals surface area contributed by atoms with Crippen molar-refractivity contribution < 1.29 is 4.79 Å². The van der Waals surface area contributed by atoms with E-state index in [0.717, 1.165) is 33.9 Å². The highest BCUT2D eigenvalue weighted by Gasteiger charge is 2.17. The van der Waals surface area contributed by atoms with Crippen LogP contribution in [0, 0.1) is 0 Å². The minimum absolute atomic E-state index is 0.125. The van der Waals surface area contributed by atoms with E-state index in [9.17, 15) is 4.79 Å². The first-order valence-corrected chi connectivity index (χ1v) is 13.3. The second-order valence-corrected chi connectivity index (χ2v) is 10.3. The second kappa shape index (κ2) is 11.0. The third-order valence-corrected chi connectivity index (χ3v) is 8.14. The summed E-state index contributed by atoms with van der Waals surface area (Å²) in [5, 5.41) is 9.67. The van der Waals surface area contributed by atoms with Gasteiger partial charge in [-0.1, -0.05) is 66.0 Å². The van der Waals surface area contributed by atoms with Crippen molar-refractivity contribution >= 4 is 51.0 Å². The average molecular weight is 484 g/mol. The molecule has 9 heteroatoms. The zero-order valence-corrected chi connectivity index (χ0v) is 20.6. The minimum atomic E-state index is 0.125. The molecular formula is C23H25N5OS3. The molecule has 2 heterocycles. The van der Waals surface area contributed by atoms with E-state index in [1.807, 2.05) is 55.1 Å². The maximum atomic E-state index is 12.5. The molecule has 166 valence electrons. The van der Waals surface area contributed by atoms with E-state index in [-0.39, 0.29) is 5.91 Å². The summed E-state index contributed by atoms with van der Waals surface area (Å²) in [7, 11) is 0. The highest BCUT2D eigenvalue weighted by molar-refractivity contribution is 8.00.